The van der Waals surface area contributed by atoms with Gasteiger partial charge in [0.15, 0.2) is 15.0 Å². The van der Waals surface area contributed by atoms with E-state index < -0.39 is 43.8 Å². The first kappa shape index (κ1) is 23.1. The van der Waals surface area contributed by atoms with Gasteiger partial charge in [0.1, 0.15) is 0 Å². The highest BCUT2D eigenvalue weighted by atomic mass is 35.5. The number of amidine groups is 1. The van der Waals surface area contributed by atoms with Gasteiger partial charge in [0.05, 0.1) is 34.6 Å². The van der Waals surface area contributed by atoms with Crippen molar-refractivity contribution in [3.05, 3.63) is 64.2 Å². The number of rotatable bonds is 3. The first-order valence-electron chi connectivity index (χ1n) is 9.63. The van der Waals surface area contributed by atoms with Gasteiger partial charge in [-0.1, -0.05) is 53.2 Å². The summed E-state index contributed by atoms with van der Waals surface area (Å²) in [6.45, 7) is 1.90. The molecule has 0 bridgehead atoms. The van der Waals surface area contributed by atoms with Crippen molar-refractivity contribution in [2.75, 3.05) is 16.4 Å². The fraction of sp³-hybridized carbons (Fsp3) is 0.333. The van der Waals surface area contributed by atoms with Gasteiger partial charge in [0.2, 0.25) is 0 Å². The summed E-state index contributed by atoms with van der Waals surface area (Å²) < 4.78 is 64.5. The maximum absolute atomic E-state index is 13.4. The highest BCUT2D eigenvalue weighted by molar-refractivity contribution is 8.16. The van der Waals surface area contributed by atoms with Gasteiger partial charge in [0, 0.05) is 10.9 Å². The maximum Gasteiger partial charge on any atom is 0.417 e. The van der Waals surface area contributed by atoms with Crippen LogP contribution in [0, 0.1) is 6.92 Å². The van der Waals surface area contributed by atoms with Gasteiger partial charge in [-0.3, -0.25) is 4.79 Å². The van der Waals surface area contributed by atoms with Crippen LogP contribution in [0.15, 0.2) is 47.5 Å². The number of aliphatic imine (C=N–C) groups is 1. The van der Waals surface area contributed by atoms with Crippen molar-refractivity contribution in [3.8, 4) is 0 Å². The molecular weight excluding hydrogens is 485 g/mol. The van der Waals surface area contributed by atoms with Gasteiger partial charge in [-0.25, -0.2) is 8.42 Å². The molecule has 0 unspecified atom stereocenters. The Labute approximate surface area is 192 Å². The number of carbonyl (C=O) groups excluding carboxylic acids is 1. The minimum atomic E-state index is -4.68. The number of nitrogens with zero attached hydrogens (tertiary/aromatic N) is 2. The Balaban J connectivity index is 1.71. The maximum atomic E-state index is 13.4. The quantitative estimate of drug-likeness (QED) is 0.617. The van der Waals surface area contributed by atoms with Crippen molar-refractivity contribution in [2.24, 2.45) is 4.99 Å². The number of fused-ring (bicyclic) bond motifs is 1. The molecule has 11 heteroatoms. The molecule has 2 aromatic rings. The fourth-order valence-corrected chi connectivity index (χ4v) is 8.05. The van der Waals surface area contributed by atoms with E-state index in [2.05, 4.69) is 4.99 Å². The molecule has 5 nitrogen and oxygen atoms in total. The van der Waals surface area contributed by atoms with Crippen LogP contribution in [-0.4, -0.2) is 42.3 Å². The molecule has 2 aromatic carbocycles. The van der Waals surface area contributed by atoms with Gasteiger partial charge < -0.3 is 4.90 Å². The van der Waals surface area contributed by atoms with Crippen LogP contribution in [0.3, 0.4) is 0 Å². The molecule has 0 radical (unpaired) electrons. The van der Waals surface area contributed by atoms with Crippen molar-refractivity contribution in [1.82, 2.24) is 0 Å². The van der Waals surface area contributed by atoms with Crippen LogP contribution in [-0.2, 0) is 27.2 Å². The van der Waals surface area contributed by atoms with E-state index in [0.717, 1.165) is 35.0 Å². The number of anilines is 1. The Hall–Kier alpha value is -2.04. The van der Waals surface area contributed by atoms with Crippen LogP contribution >= 0.6 is 23.4 Å². The number of alkyl halides is 3. The van der Waals surface area contributed by atoms with E-state index in [1.165, 1.54) is 11.0 Å². The summed E-state index contributed by atoms with van der Waals surface area (Å²) in [6.07, 6.45) is -4.65. The number of benzene rings is 2. The van der Waals surface area contributed by atoms with E-state index in [1.807, 2.05) is 25.1 Å². The Morgan fingerprint density at radius 3 is 2.66 bits per heavy atom. The van der Waals surface area contributed by atoms with Gasteiger partial charge in [-0.05, 0) is 30.7 Å². The normalized spacial score (nSPS) is 23.5. The van der Waals surface area contributed by atoms with Crippen molar-refractivity contribution >= 4 is 50.0 Å². The van der Waals surface area contributed by atoms with E-state index >= 15 is 0 Å². The molecule has 2 saturated heterocycles. The summed E-state index contributed by atoms with van der Waals surface area (Å²) in [5.74, 6) is -0.806. The number of sulfone groups is 1. The van der Waals surface area contributed by atoms with Gasteiger partial charge >= 0.3 is 6.18 Å². The Kier molecular flexibility index (Phi) is 6.06. The molecule has 0 spiro atoms. The molecule has 4 rings (SSSR count). The smallest absolute Gasteiger partial charge is 0.316 e. The summed E-state index contributed by atoms with van der Waals surface area (Å²) in [5, 5.41) is -0.684. The number of aryl methyl sites for hydroxylation is 1. The lowest BCUT2D eigenvalue weighted by molar-refractivity contribution is -0.137. The molecule has 32 heavy (non-hydrogen) atoms. The molecule has 0 aliphatic carbocycles. The summed E-state index contributed by atoms with van der Waals surface area (Å²) in [5.41, 5.74) is 0.820. The van der Waals surface area contributed by atoms with Crippen molar-refractivity contribution < 1.29 is 26.4 Å². The van der Waals surface area contributed by atoms with E-state index in [0.29, 0.717) is 0 Å². The lowest BCUT2D eigenvalue weighted by atomic mass is 10.1. The Bertz CT molecular complexity index is 1220. The Morgan fingerprint density at radius 2 is 1.97 bits per heavy atom. The van der Waals surface area contributed by atoms with E-state index in [1.54, 1.807) is 6.07 Å². The van der Waals surface area contributed by atoms with E-state index in [9.17, 15) is 26.4 Å². The number of thioether (sulfide) groups is 1. The molecule has 2 aliphatic rings. The predicted molar refractivity (Wildman–Crippen MR) is 120 cm³/mol. The average molecular weight is 503 g/mol. The first-order valence-corrected chi connectivity index (χ1v) is 12.7. The van der Waals surface area contributed by atoms with Crippen molar-refractivity contribution in [2.45, 2.75) is 30.8 Å². The third-order valence-corrected chi connectivity index (χ3v) is 8.80. The summed E-state index contributed by atoms with van der Waals surface area (Å²) in [6, 6.07) is 10.1. The summed E-state index contributed by atoms with van der Waals surface area (Å²) in [4.78, 5) is 18.2. The molecule has 2 atom stereocenters. The standard InChI is InChI=1S/C21H18ClF3N2O3S2/c1-12-3-2-4-13(7-12)8-19(28)26-20-27(17-10-32(29,30)11-18(17)31-20)14-5-6-16(22)15(9-14)21(23,24)25/h2-7,9,17-18H,8,10-11H2,1H3/t17-,18+/m0/s1. The molecule has 0 aromatic heterocycles. The number of hydrogen-bond acceptors (Lipinski definition) is 4. The van der Waals surface area contributed by atoms with Gasteiger partial charge in [-0.15, -0.1) is 0 Å². The third kappa shape index (κ3) is 4.82. The minimum Gasteiger partial charge on any atom is -0.316 e. The van der Waals surface area contributed by atoms with Crippen molar-refractivity contribution in [3.63, 3.8) is 0 Å². The second-order valence-electron chi connectivity index (χ2n) is 7.79. The SMILES string of the molecule is Cc1cccc(CC(=O)N=C2S[C@@H]3CS(=O)(=O)C[C@@H]3N2c2ccc(Cl)c(C(F)(F)F)c2)c1. The number of hydrogen-bond donors (Lipinski definition) is 0. The van der Waals surface area contributed by atoms with Gasteiger partial charge in [0.25, 0.3) is 5.91 Å². The summed E-state index contributed by atoms with van der Waals surface area (Å²) >= 11 is 6.85. The fourth-order valence-electron chi connectivity index (χ4n) is 3.89. The third-order valence-electron chi connectivity index (χ3n) is 5.26. The predicted octanol–water partition coefficient (Wildman–Crippen LogP) is 4.51. The monoisotopic (exact) mass is 502 g/mol. The molecule has 1 amide bonds. The lowest BCUT2D eigenvalue weighted by Gasteiger charge is -2.25. The molecule has 0 N–H and O–H groups in total. The zero-order valence-electron chi connectivity index (χ0n) is 16.8. The first-order chi connectivity index (χ1) is 14.9. The molecule has 0 saturated carbocycles. The zero-order valence-corrected chi connectivity index (χ0v) is 19.2. The second kappa shape index (κ2) is 8.39. The van der Waals surface area contributed by atoms with Crippen LogP contribution in [0.2, 0.25) is 5.02 Å². The largest absolute Gasteiger partial charge is 0.417 e. The zero-order chi connectivity index (χ0) is 23.3. The molecule has 2 fully saturated rings. The summed E-state index contributed by atoms with van der Waals surface area (Å²) in [7, 11) is -3.35. The van der Waals surface area contributed by atoms with Crippen molar-refractivity contribution in [1.29, 1.82) is 0 Å². The average Bonchev–Trinajstić information content (AvgIpc) is 3.12. The second-order valence-corrected chi connectivity index (χ2v) is 11.6. The van der Waals surface area contributed by atoms with Crippen LogP contribution in [0.4, 0.5) is 18.9 Å². The highest BCUT2D eigenvalue weighted by Gasteiger charge is 2.49. The number of halogens is 4. The Morgan fingerprint density at radius 1 is 1.22 bits per heavy atom. The van der Waals surface area contributed by atoms with Gasteiger partial charge in [-0.2, -0.15) is 18.2 Å². The number of carbonyl (C=O) groups is 1. The lowest BCUT2D eigenvalue weighted by Crippen LogP contribution is -2.38. The molecule has 2 aliphatic heterocycles. The molecular formula is C21H18ClF3N2O3S2. The molecule has 170 valence electrons. The molecule has 2 heterocycles. The van der Waals surface area contributed by atoms with E-state index in [4.69, 9.17) is 11.6 Å². The topological polar surface area (TPSA) is 66.8 Å². The van der Waals surface area contributed by atoms with Crippen LogP contribution in [0.1, 0.15) is 16.7 Å². The minimum absolute atomic E-state index is 0.0294. The van der Waals surface area contributed by atoms with E-state index in [-0.39, 0.29) is 28.8 Å². The van der Waals surface area contributed by atoms with Crippen LogP contribution in [0.25, 0.3) is 0 Å². The van der Waals surface area contributed by atoms with Crippen LogP contribution in [0.5, 0.6) is 0 Å². The number of amides is 1. The van der Waals surface area contributed by atoms with Crippen LogP contribution < -0.4 is 4.90 Å². The highest BCUT2D eigenvalue weighted by Crippen LogP contribution is 2.43.